The van der Waals surface area contributed by atoms with Gasteiger partial charge < -0.3 is 24.4 Å². The topological polar surface area (TPSA) is 118 Å². The van der Waals surface area contributed by atoms with Crippen molar-refractivity contribution in [3.8, 4) is 22.8 Å². The van der Waals surface area contributed by atoms with E-state index in [-0.39, 0.29) is 53.8 Å². The number of aliphatic hydroxyl groups is 2. The van der Waals surface area contributed by atoms with Crippen LogP contribution in [0.5, 0.6) is 11.5 Å². The van der Waals surface area contributed by atoms with Crippen LogP contribution >= 0.6 is 0 Å². The summed E-state index contributed by atoms with van der Waals surface area (Å²) in [6.07, 6.45) is -7.86. The lowest BCUT2D eigenvalue weighted by molar-refractivity contribution is -0.270. The minimum atomic E-state index is -5.30. The molecule has 2 atom stereocenters. The molecule has 50 heavy (non-hydrogen) atoms. The number of carbonyl (C=O) groups excluding carboxylic acids is 2. The standard InChI is InChI=1S/C37H44F4N2O7/c1-33(2,3)35(7)21-43(32(46)50-34(4,5)6)31-25(35)20-29(42-30(31)22-9-12-24(38)13-10-22)36(47,37(39,40)41)16-15-26(45)23-11-14-27(49-18-17-44)28(19-23)48-8/h9-14,19-20,44,47H,15-18,21H2,1-8H3/t35-,36-/m1/s1. The van der Waals surface area contributed by atoms with Crippen molar-refractivity contribution in [1.82, 2.24) is 4.98 Å². The van der Waals surface area contributed by atoms with Crippen molar-refractivity contribution in [3.05, 3.63) is 71.2 Å². The molecule has 272 valence electrons. The zero-order valence-electron chi connectivity index (χ0n) is 29.5. The number of ketones is 1. The fourth-order valence-corrected chi connectivity index (χ4v) is 5.82. The largest absolute Gasteiger partial charge is 0.493 e. The monoisotopic (exact) mass is 704 g/mol. The zero-order valence-corrected chi connectivity index (χ0v) is 29.5. The number of amides is 1. The number of aliphatic hydroxyl groups excluding tert-OH is 1. The van der Waals surface area contributed by atoms with Crippen LogP contribution in [-0.4, -0.2) is 65.7 Å². The number of anilines is 1. The van der Waals surface area contributed by atoms with Crippen LogP contribution in [0.1, 0.15) is 82.9 Å². The van der Waals surface area contributed by atoms with E-state index in [9.17, 15) is 19.1 Å². The van der Waals surface area contributed by atoms with Gasteiger partial charge in [0.05, 0.1) is 30.8 Å². The molecule has 0 unspecified atom stereocenters. The van der Waals surface area contributed by atoms with Crippen LogP contribution in [0.2, 0.25) is 0 Å². The van der Waals surface area contributed by atoms with Crippen molar-refractivity contribution in [3.63, 3.8) is 0 Å². The molecule has 3 aromatic rings. The van der Waals surface area contributed by atoms with Crippen LogP contribution in [0.4, 0.5) is 28.0 Å². The lowest BCUT2D eigenvalue weighted by Crippen LogP contribution is -2.45. The molecule has 2 aromatic carbocycles. The Bertz CT molecular complexity index is 1730. The average molecular weight is 705 g/mol. The predicted octanol–water partition coefficient (Wildman–Crippen LogP) is 7.74. The molecular weight excluding hydrogens is 660 g/mol. The van der Waals surface area contributed by atoms with Crippen molar-refractivity contribution in [2.24, 2.45) is 5.41 Å². The summed E-state index contributed by atoms with van der Waals surface area (Å²) >= 11 is 0. The first-order chi connectivity index (χ1) is 23.1. The summed E-state index contributed by atoms with van der Waals surface area (Å²) in [6, 6.07) is 10.1. The molecule has 0 fully saturated rings. The average Bonchev–Trinajstić information content (AvgIpc) is 3.35. The van der Waals surface area contributed by atoms with Crippen molar-refractivity contribution in [2.75, 3.05) is 31.8 Å². The number of hydrogen-bond acceptors (Lipinski definition) is 8. The molecule has 9 nitrogen and oxygen atoms in total. The van der Waals surface area contributed by atoms with Crippen LogP contribution in [0.3, 0.4) is 0 Å². The Morgan fingerprint density at radius 2 is 1.62 bits per heavy atom. The number of aromatic nitrogens is 1. The van der Waals surface area contributed by atoms with Crippen LogP contribution < -0.4 is 14.4 Å². The first kappa shape index (κ1) is 38.6. The number of ether oxygens (including phenoxy) is 3. The van der Waals surface area contributed by atoms with E-state index in [0.717, 1.165) is 18.2 Å². The van der Waals surface area contributed by atoms with E-state index >= 15 is 13.2 Å². The molecule has 0 saturated carbocycles. The Kier molecular flexibility index (Phi) is 10.7. The quantitative estimate of drug-likeness (QED) is 0.163. The first-order valence-corrected chi connectivity index (χ1v) is 16.1. The van der Waals surface area contributed by atoms with Gasteiger partial charge in [-0.3, -0.25) is 9.69 Å². The van der Waals surface area contributed by atoms with Gasteiger partial charge in [0.2, 0.25) is 5.60 Å². The second-order valence-corrected chi connectivity index (χ2v) is 14.6. The highest BCUT2D eigenvalue weighted by Gasteiger charge is 2.58. The van der Waals surface area contributed by atoms with Gasteiger partial charge in [0.25, 0.3) is 0 Å². The summed E-state index contributed by atoms with van der Waals surface area (Å²) in [6.45, 7) is 12.2. The molecule has 0 spiro atoms. The highest BCUT2D eigenvalue weighted by molar-refractivity contribution is 5.98. The van der Waals surface area contributed by atoms with Crippen LogP contribution in [0.15, 0.2) is 48.5 Å². The van der Waals surface area contributed by atoms with Gasteiger partial charge in [0, 0.05) is 29.5 Å². The number of benzene rings is 2. The predicted molar refractivity (Wildman–Crippen MR) is 179 cm³/mol. The third-order valence-electron chi connectivity index (χ3n) is 9.16. The molecule has 0 aliphatic carbocycles. The second-order valence-electron chi connectivity index (χ2n) is 14.6. The second kappa shape index (κ2) is 13.8. The van der Waals surface area contributed by atoms with Crippen molar-refractivity contribution in [1.29, 1.82) is 0 Å². The number of pyridine rings is 1. The fraction of sp³-hybridized carbons (Fsp3) is 0.486. The Labute approximate surface area is 289 Å². The molecule has 2 N–H and O–H groups in total. The minimum absolute atomic E-state index is 0.0167. The molecule has 13 heteroatoms. The maximum atomic E-state index is 15.1. The molecule has 2 heterocycles. The number of methoxy groups -OCH3 is 1. The Balaban J connectivity index is 1.89. The smallest absolute Gasteiger partial charge is 0.422 e. The van der Waals surface area contributed by atoms with Crippen LogP contribution in [0.25, 0.3) is 11.3 Å². The van der Waals surface area contributed by atoms with E-state index in [1.54, 1.807) is 20.8 Å². The van der Waals surface area contributed by atoms with Crippen molar-refractivity contribution in [2.45, 2.75) is 84.1 Å². The minimum Gasteiger partial charge on any atom is -0.493 e. The van der Waals surface area contributed by atoms with E-state index < -0.39 is 64.4 Å². The highest BCUT2D eigenvalue weighted by Crippen LogP contribution is 2.55. The van der Waals surface area contributed by atoms with Crippen LogP contribution in [0, 0.1) is 11.2 Å². The van der Waals surface area contributed by atoms with Gasteiger partial charge in [-0.1, -0.05) is 27.7 Å². The molecule has 1 aliphatic rings. The molecule has 0 saturated heterocycles. The Morgan fingerprint density at radius 1 is 0.980 bits per heavy atom. The number of fused-ring (bicyclic) bond motifs is 1. The van der Waals surface area contributed by atoms with Gasteiger partial charge in [-0.15, -0.1) is 0 Å². The number of hydrogen-bond donors (Lipinski definition) is 2. The number of alkyl halides is 3. The normalized spacial score (nSPS) is 17.6. The number of carbonyl (C=O) groups is 2. The molecule has 1 aromatic heterocycles. The van der Waals surface area contributed by atoms with Gasteiger partial charge in [0.15, 0.2) is 17.3 Å². The van der Waals surface area contributed by atoms with Gasteiger partial charge in [0.1, 0.15) is 18.0 Å². The van der Waals surface area contributed by atoms with E-state index in [4.69, 9.17) is 19.3 Å². The van der Waals surface area contributed by atoms with Crippen molar-refractivity contribution < 1.29 is 51.6 Å². The molecule has 1 amide bonds. The third kappa shape index (κ3) is 7.58. The summed E-state index contributed by atoms with van der Waals surface area (Å²) in [5, 5.41) is 20.7. The van der Waals surface area contributed by atoms with Crippen molar-refractivity contribution >= 4 is 17.6 Å². The molecule has 0 radical (unpaired) electrons. The maximum Gasteiger partial charge on any atom is 0.422 e. The number of halogens is 4. The molecular formula is C37H44F4N2O7. The maximum absolute atomic E-state index is 15.1. The summed E-state index contributed by atoms with van der Waals surface area (Å²) in [5.74, 6) is -0.950. The summed E-state index contributed by atoms with van der Waals surface area (Å²) < 4.78 is 75.7. The van der Waals surface area contributed by atoms with E-state index in [1.807, 2.05) is 27.7 Å². The van der Waals surface area contributed by atoms with Gasteiger partial charge >= 0.3 is 12.3 Å². The van der Waals surface area contributed by atoms with E-state index in [1.165, 1.54) is 42.3 Å². The lowest BCUT2D eigenvalue weighted by atomic mass is 9.64. The summed E-state index contributed by atoms with van der Waals surface area (Å²) in [4.78, 5) is 32.7. The number of rotatable bonds is 10. The summed E-state index contributed by atoms with van der Waals surface area (Å²) in [7, 11) is 1.32. The fourth-order valence-electron chi connectivity index (χ4n) is 5.82. The zero-order chi connectivity index (χ0) is 37.4. The lowest BCUT2D eigenvalue weighted by Gasteiger charge is -2.40. The highest BCUT2D eigenvalue weighted by atomic mass is 19.4. The van der Waals surface area contributed by atoms with Gasteiger partial charge in [-0.25, -0.2) is 14.2 Å². The summed E-state index contributed by atoms with van der Waals surface area (Å²) in [5.41, 5.74) is -6.30. The van der Waals surface area contributed by atoms with E-state index in [0.29, 0.717) is 5.56 Å². The Hall–Kier alpha value is -4.23. The van der Waals surface area contributed by atoms with E-state index in [2.05, 4.69) is 4.98 Å². The SMILES string of the molecule is COc1cc(C(=O)CC[C@@](O)(c2cc3c(c(-c4ccc(F)cc4)n2)N(C(=O)OC(C)(C)C)C[C@@]3(C)C(C)(C)C)C(F)(F)F)ccc1OCCO. The molecule has 1 aliphatic heterocycles. The van der Waals surface area contributed by atoms with Gasteiger partial charge in [-0.2, -0.15) is 13.2 Å². The van der Waals surface area contributed by atoms with Gasteiger partial charge in [-0.05, 0) is 86.7 Å². The number of Topliss-reactive ketones (excluding diaryl/α,β-unsaturated/α-hetero) is 1. The third-order valence-corrected chi connectivity index (χ3v) is 9.16. The molecule has 4 rings (SSSR count). The van der Waals surface area contributed by atoms with Crippen LogP contribution in [-0.2, 0) is 15.8 Å². The first-order valence-electron chi connectivity index (χ1n) is 16.1. The number of nitrogens with zero attached hydrogens (tertiary/aromatic N) is 2. The Morgan fingerprint density at radius 3 is 2.16 bits per heavy atom. The molecule has 0 bridgehead atoms.